The third-order valence-electron chi connectivity index (χ3n) is 1.35. The molecule has 0 spiro atoms. The molecular weight excluding hydrogens is 213 g/mol. The zero-order valence-corrected chi connectivity index (χ0v) is 8.82. The molecule has 0 aliphatic heterocycles. The molecule has 0 aliphatic carbocycles. The summed E-state index contributed by atoms with van der Waals surface area (Å²) in [5.41, 5.74) is -0.186. The molecule has 0 N–H and O–H groups in total. The maximum absolute atomic E-state index is 10.9. The molecule has 3 nitrogen and oxygen atoms in total. The smallest absolute Gasteiger partial charge is 0.348 e. The van der Waals surface area contributed by atoms with Crippen molar-refractivity contribution < 1.29 is 9.53 Å². The lowest BCUT2D eigenvalue weighted by molar-refractivity contribution is -0.135. The minimum Gasteiger partial charge on any atom is -0.465 e. The normalized spacial score (nSPS) is 12.1. The highest BCUT2D eigenvalue weighted by Gasteiger charge is 2.22. The van der Waals surface area contributed by atoms with Crippen LogP contribution in [-0.4, -0.2) is 17.4 Å². The molecule has 0 amide bonds. The van der Waals surface area contributed by atoms with Crippen molar-refractivity contribution in [3.63, 3.8) is 0 Å². The fourth-order valence-corrected chi connectivity index (χ4v) is 0.778. The van der Waals surface area contributed by atoms with Crippen molar-refractivity contribution in [3.8, 4) is 6.07 Å². The number of esters is 1. The van der Waals surface area contributed by atoms with E-state index in [9.17, 15) is 4.79 Å². The van der Waals surface area contributed by atoms with Crippen LogP contribution < -0.4 is 0 Å². The van der Waals surface area contributed by atoms with Crippen LogP contribution in [0, 0.1) is 11.3 Å². The first-order valence-corrected chi connectivity index (χ1v) is 4.31. The second kappa shape index (κ2) is 5.11. The monoisotopic (exact) mass is 221 g/mol. The van der Waals surface area contributed by atoms with Crippen molar-refractivity contribution in [2.24, 2.45) is 0 Å². The van der Waals surface area contributed by atoms with E-state index in [1.165, 1.54) is 13.2 Å². The number of ether oxygens (including phenoxy) is 1. The maximum atomic E-state index is 10.9. The maximum Gasteiger partial charge on any atom is 0.348 e. The van der Waals surface area contributed by atoms with Gasteiger partial charge in [-0.15, -0.1) is 0 Å². The number of carbonyl (C=O) groups is 1. The molecule has 0 aromatic carbocycles. The lowest BCUT2D eigenvalue weighted by atomic mass is 10.2. The van der Waals surface area contributed by atoms with E-state index in [0.717, 1.165) is 0 Å². The Kier molecular flexibility index (Phi) is 4.82. The van der Waals surface area contributed by atoms with E-state index in [-0.39, 0.29) is 5.57 Å². The van der Waals surface area contributed by atoms with Gasteiger partial charge in [0.25, 0.3) is 0 Å². The van der Waals surface area contributed by atoms with Crippen LogP contribution in [0.5, 0.6) is 0 Å². The Morgan fingerprint density at radius 3 is 2.54 bits per heavy atom. The summed E-state index contributed by atoms with van der Waals surface area (Å²) in [6.07, 6.45) is 1.58. The highest BCUT2D eigenvalue weighted by atomic mass is 35.5. The molecule has 0 bridgehead atoms. The summed E-state index contributed by atoms with van der Waals surface area (Å²) < 4.78 is 3.15. The summed E-state index contributed by atoms with van der Waals surface area (Å²) in [6, 6.07) is 1.66. The molecule has 0 atom stereocenters. The van der Waals surface area contributed by atoms with Gasteiger partial charge in [0.1, 0.15) is 16.0 Å². The molecule has 0 radical (unpaired) electrons. The standard InChI is InChI=1S/C8H9Cl2NO2/c1-3-8(9,10)4-6(5-11)7(12)13-2/h4H,3H2,1-2H3/b6-4-. The van der Waals surface area contributed by atoms with Gasteiger partial charge in [-0.1, -0.05) is 30.1 Å². The van der Waals surface area contributed by atoms with Gasteiger partial charge < -0.3 is 4.74 Å². The molecule has 0 saturated heterocycles. The number of nitriles is 1. The third-order valence-corrected chi connectivity index (χ3v) is 2.11. The molecule has 72 valence electrons. The van der Waals surface area contributed by atoms with Gasteiger partial charge in [-0.3, -0.25) is 0 Å². The molecule has 0 saturated carbocycles. The van der Waals surface area contributed by atoms with Crippen LogP contribution in [0.4, 0.5) is 0 Å². The van der Waals surface area contributed by atoms with Crippen LogP contribution in [0.25, 0.3) is 0 Å². The van der Waals surface area contributed by atoms with E-state index in [1.54, 1.807) is 13.0 Å². The Morgan fingerprint density at radius 1 is 1.69 bits per heavy atom. The quantitative estimate of drug-likeness (QED) is 0.318. The molecule has 13 heavy (non-hydrogen) atoms. The Morgan fingerprint density at radius 2 is 2.23 bits per heavy atom. The van der Waals surface area contributed by atoms with E-state index in [1.807, 2.05) is 0 Å². The van der Waals surface area contributed by atoms with E-state index in [2.05, 4.69) is 4.74 Å². The minimum absolute atomic E-state index is 0.186. The van der Waals surface area contributed by atoms with Crippen LogP contribution in [-0.2, 0) is 9.53 Å². The van der Waals surface area contributed by atoms with Crippen molar-refractivity contribution in [2.45, 2.75) is 17.7 Å². The summed E-state index contributed by atoms with van der Waals surface area (Å²) in [5.74, 6) is -0.735. The predicted octanol–water partition coefficient (Wildman–Crippen LogP) is 2.19. The number of hydrogen-bond donors (Lipinski definition) is 0. The number of hydrogen-bond acceptors (Lipinski definition) is 3. The van der Waals surface area contributed by atoms with Gasteiger partial charge in [0.15, 0.2) is 0 Å². The molecule has 0 unspecified atom stereocenters. The van der Waals surface area contributed by atoms with Crippen molar-refractivity contribution >= 4 is 29.2 Å². The molecule has 0 aromatic rings. The largest absolute Gasteiger partial charge is 0.465 e. The second-order valence-corrected chi connectivity index (χ2v) is 3.82. The molecule has 0 heterocycles. The van der Waals surface area contributed by atoms with E-state index < -0.39 is 10.3 Å². The first kappa shape index (κ1) is 12.3. The number of nitrogens with zero attached hydrogens (tertiary/aromatic N) is 1. The lowest BCUT2D eigenvalue weighted by Gasteiger charge is -2.11. The first-order valence-electron chi connectivity index (χ1n) is 3.56. The Bertz CT molecular complexity index is 266. The minimum atomic E-state index is -1.20. The number of rotatable bonds is 3. The molecule has 0 rings (SSSR count). The zero-order valence-electron chi connectivity index (χ0n) is 7.30. The number of methoxy groups -OCH3 is 1. The van der Waals surface area contributed by atoms with E-state index in [4.69, 9.17) is 28.5 Å². The molecule has 0 fully saturated rings. The summed E-state index contributed by atoms with van der Waals surface area (Å²) in [7, 11) is 1.18. The van der Waals surface area contributed by atoms with E-state index in [0.29, 0.717) is 6.42 Å². The van der Waals surface area contributed by atoms with Crippen molar-refractivity contribution in [1.29, 1.82) is 5.26 Å². The number of allylic oxidation sites excluding steroid dienone is 1. The van der Waals surface area contributed by atoms with Gasteiger partial charge in [-0.05, 0) is 12.5 Å². The fraction of sp³-hybridized carbons (Fsp3) is 0.500. The average molecular weight is 222 g/mol. The van der Waals surface area contributed by atoms with Crippen LogP contribution in [0.3, 0.4) is 0 Å². The highest BCUT2D eigenvalue weighted by Crippen LogP contribution is 2.27. The third kappa shape index (κ3) is 4.16. The molecule has 0 aliphatic rings. The number of carbonyl (C=O) groups excluding carboxylic acids is 1. The fourth-order valence-electron chi connectivity index (χ4n) is 0.560. The SMILES string of the molecule is CCC(Cl)(Cl)/C=C(/C#N)C(=O)OC. The van der Waals surface area contributed by atoms with Crippen LogP contribution >= 0.6 is 23.2 Å². The summed E-state index contributed by atoms with van der Waals surface area (Å²) in [4.78, 5) is 10.9. The van der Waals surface area contributed by atoms with Gasteiger partial charge in [0.05, 0.1) is 7.11 Å². The second-order valence-electron chi connectivity index (χ2n) is 2.28. The van der Waals surface area contributed by atoms with Gasteiger partial charge >= 0.3 is 5.97 Å². The van der Waals surface area contributed by atoms with Crippen molar-refractivity contribution in [2.75, 3.05) is 7.11 Å². The number of alkyl halides is 2. The Hall–Kier alpha value is -0.720. The van der Waals surface area contributed by atoms with Crippen molar-refractivity contribution in [1.82, 2.24) is 0 Å². The number of halogens is 2. The van der Waals surface area contributed by atoms with E-state index >= 15 is 0 Å². The predicted molar refractivity (Wildman–Crippen MR) is 50.4 cm³/mol. The Labute approximate surface area is 86.9 Å². The van der Waals surface area contributed by atoms with Crippen molar-refractivity contribution in [3.05, 3.63) is 11.6 Å². The highest BCUT2D eigenvalue weighted by molar-refractivity contribution is 6.50. The molecule has 0 aromatic heterocycles. The summed E-state index contributed by atoms with van der Waals surface area (Å²) in [6.45, 7) is 1.74. The molecular formula is C8H9Cl2NO2. The van der Waals surface area contributed by atoms with Crippen LogP contribution in [0.15, 0.2) is 11.6 Å². The van der Waals surface area contributed by atoms with Gasteiger partial charge in [0.2, 0.25) is 0 Å². The average Bonchev–Trinajstić information content (AvgIpc) is 2.13. The van der Waals surface area contributed by atoms with Gasteiger partial charge in [-0.2, -0.15) is 5.26 Å². The van der Waals surface area contributed by atoms with Crippen LogP contribution in [0.1, 0.15) is 13.3 Å². The summed E-state index contributed by atoms with van der Waals surface area (Å²) in [5, 5.41) is 8.55. The lowest BCUT2D eigenvalue weighted by Crippen LogP contribution is -2.12. The van der Waals surface area contributed by atoms with Crippen LogP contribution in [0.2, 0.25) is 0 Å². The van der Waals surface area contributed by atoms with Gasteiger partial charge in [-0.25, -0.2) is 4.79 Å². The zero-order chi connectivity index (χ0) is 10.5. The topological polar surface area (TPSA) is 50.1 Å². The first-order chi connectivity index (χ1) is 5.96. The summed E-state index contributed by atoms with van der Waals surface area (Å²) >= 11 is 11.5. The van der Waals surface area contributed by atoms with Gasteiger partial charge in [0, 0.05) is 0 Å². The Balaban J connectivity index is 4.79. The molecule has 5 heteroatoms.